The highest BCUT2D eigenvalue weighted by Crippen LogP contribution is 2.25. The number of ether oxygens (including phenoxy) is 1. The predicted octanol–water partition coefficient (Wildman–Crippen LogP) is 0.650. The quantitative estimate of drug-likeness (QED) is 0.657. The molecule has 3 rings (SSSR count). The van der Waals surface area contributed by atoms with Crippen LogP contribution in [0.4, 0.5) is 5.95 Å². The van der Waals surface area contributed by atoms with E-state index in [0.29, 0.717) is 11.2 Å². The maximum absolute atomic E-state index is 12.0. The monoisotopic (exact) mass is 276 g/mol. The second-order valence-corrected chi connectivity index (χ2v) is 4.89. The van der Waals surface area contributed by atoms with Gasteiger partial charge in [-0.2, -0.15) is 4.98 Å². The molecule has 1 N–H and O–H groups in total. The van der Waals surface area contributed by atoms with Crippen LogP contribution >= 0.6 is 0 Å². The predicted molar refractivity (Wildman–Crippen MR) is 74.2 cm³/mol. The second-order valence-electron chi connectivity index (χ2n) is 4.89. The van der Waals surface area contributed by atoms with Crippen LogP contribution in [0.3, 0.4) is 0 Å². The van der Waals surface area contributed by atoms with Gasteiger partial charge in [0.15, 0.2) is 11.2 Å². The molecule has 3 heterocycles. The van der Waals surface area contributed by atoms with E-state index >= 15 is 0 Å². The third-order valence-electron chi connectivity index (χ3n) is 3.05. The highest BCUT2D eigenvalue weighted by Gasteiger charge is 2.21. The molecule has 0 bridgehead atoms. The van der Waals surface area contributed by atoms with Crippen LogP contribution < -0.4 is 5.56 Å². The molecule has 20 heavy (non-hydrogen) atoms. The Kier molecular flexibility index (Phi) is 3.23. The zero-order chi connectivity index (χ0) is 14.1. The van der Waals surface area contributed by atoms with Crippen molar-refractivity contribution < 1.29 is 4.74 Å². The number of H-pyrrole nitrogens is 1. The van der Waals surface area contributed by atoms with Crippen molar-refractivity contribution in [1.29, 1.82) is 0 Å². The van der Waals surface area contributed by atoms with E-state index in [9.17, 15) is 4.79 Å². The number of rotatable bonds is 3. The highest BCUT2D eigenvalue weighted by atomic mass is 16.5. The largest absolute Gasteiger partial charge is 0.369 e. The fourth-order valence-electron chi connectivity index (χ4n) is 2.14. The Balaban J connectivity index is 2.08. The third kappa shape index (κ3) is 2.29. The lowest BCUT2D eigenvalue weighted by molar-refractivity contribution is 0.0593. The van der Waals surface area contributed by atoms with Crippen molar-refractivity contribution in [1.82, 2.24) is 24.4 Å². The van der Waals surface area contributed by atoms with E-state index in [1.54, 1.807) is 22.1 Å². The number of hydrogen-bond acceptors (Lipinski definition) is 5. The van der Waals surface area contributed by atoms with Crippen LogP contribution in [0.1, 0.15) is 19.1 Å². The summed E-state index contributed by atoms with van der Waals surface area (Å²) in [4.78, 5) is 28.9. The molecule has 0 saturated carbocycles. The lowest BCUT2D eigenvalue weighted by Gasteiger charge is -2.11. The number of hydrogen-bond donors (Lipinski definition) is 1. The van der Waals surface area contributed by atoms with Gasteiger partial charge in [-0.1, -0.05) is 0 Å². The molecule has 106 valence electrons. The van der Waals surface area contributed by atoms with Gasteiger partial charge in [0.05, 0.1) is 12.7 Å². The molecule has 8 nitrogen and oxygen atoms in total. The summed E-state index contributed by atoms with van der Waals surface area (Å²) in [6.07, 6.45) is 4.98. The molecule has 0 aromatic carbocycles. The summed E-state index contributed by atoms with van der Waals surface area (Å²) in [6, 6.07) is 0. The van der Waals surface area contributed by atoms with Crippen LogP contribution in [0.5, 0.6) is 0 Å². The molecule has 1 atom stereocenters. The van der Waals surface area contributed by atoms with Crippen molar-refractivity contribution in [3.63, 3.8) is 0 Å². The zero-order valence-corrected chi connectivity index (χ0v) is 11.4. The normalized spacial score (nSPS) is 19.2. The summed E-state index contributed by atoms with van der Waals surface area (Å²) >= 11 is 0. The maximum Gasteiger partial charge on any atom is 0.280 e. The van der Waals surface area contributed by atoms with Crippen molar-refractivity contribution >= 4 is 23.5 Å². The second kappa shape index (κ2) is 5.04. The molecule has 1 saturated heterocycles. The van der Waals surface area contributed by atoms with Crippen LogP contribution in [0.2, 0.25) is 0 Å². The number of nitrogens with one attached hydrogen (secondary N) is 1. The molecule has 0 spiro atoms. The average Bonchev–Trinajstić information content (AvgIpc) is 3.04. The molecular formula is C12H16N6O2. The van der Waals surface area contributed by atoms with E-state index in [4.69, 9.17) is 4.74 Å². The van der Waals surface area contributed by atoms with Crippen LogP contribution in [0, 0.1) is 0 Å². The summed E-state index contributed by atoms with van der Waals surface area (Å²) in [5.41, 5.74) is 0.522. The highest BCUT2D eigenvalue weighted by molar-refractivity contribution is 5.71. The number of aromatic amines is 1. The molecule has 0 aliphatic carbocycles. The summed E-state index contributed by atoms with van der Waals surface area (Å²) in [7, 11) is 3.69. The fraction of sp³-hybridized carbons (Fsp3) is 0.500. The zero-order valence-electron chi connectivity index (χ0n) is 11.4. The van der Waals surface area contributed by atoms with Crippen LogP contribution in [-0.4, -0.2) is 51.5 Å². The van der Waals surface area contributed by atoms with Crippen molar-refractivity contribution in [2.24, 2.45) is 4.99 Å². The van der Waals surface area contributed by atoms with Gasteiger partial charge in [-0.25, -0.2) is 9.98 Å². The summed E-state index contributed by atoms with van der Waals surface area (Å²) in [6.45, 7) is 0.721. The van der Waals surface area contributed by atoms with Crippen LogP contribution in [-0.2, 0) is 4.74 Å². The molecule has 2 aromatic heterocycles. The number of aromatic nitrogens is 4. The molecule has 2 aromatic rings. The van der Waals surface area contributed by atoms with Crippen molar-refractivity contribution in [2.45, 2.75) is 19.1 Å². The third-order valence-corrected chi connectivity index (χ3v) is 3.05. The van der Waals surface area contributed by atoms with Gasteiger partial charge in [0.1, 0.15) is 6.23 Å². The van der Waals surface area contributed by atoms with Crippen molar-refractivity contribution in [2.75, 3.05) is 20.7 Å². The van der Waals surface area contributed by atoms with Gasteiger partial charge in [-0.15, -0.1) is 0 Å². The first kappa shape index (κ1) is 12.8. The minimum atomic E-state index is -0.294. The summed E-state index contributed by atoms with van der Waals surface area (Å²) in [5.74, 6) is 0.260. The van der Waals surface area contributed by atoms with Gasteiger partial charge in [0.25, 0.3) is 5.56 Å². The molecule has 1 unspecified atom stereocenters. The van der Waals surface area contributed by atoms with Gasteiger partial charge < -0.3 is 9.64 Å². The maximum atomic E-state index is 12.0. The first-order valence-electron chi connectivity index (χ1n) is 6.44. The first-order chi connectivity index (χ1) is 9.65. The minimum absolute atomic E-state index is 0.0972. The Bertz CT molecular complexity index is 696. The van der Waals surface area contributed by atoms with Gasteiger partial charge >= 0.3 is 0 Å². The summed E-state index contributed by atoms with van der Waals surface area (Å²) < 4.78 is 7.41. The van der Waals surface area contributed by atoms with Gasteiger partial charge in [0, 0.05) is 20.7 Å². The Hall–Kier alpha value is -2.22. The molecule has 0 amide bonds. The SMILES string of the molecule is CN(C)C=Nc1nc2c(ncn2C2CCCO2)c(=O)[nH]1. The molecular weight excluding hydrogens is 260 g/mol. The number of aliphatic imine (C=N–C) groups is 1. The first-order valence-corrected chi connectivity index (χ1v) is 6.44. The average molecular weight is 276 g/mol. The van der Waals surface area contributed by atoms with E-state index in [2.05, 4.69) is 19.9 Å². The number of fused-ring (bicyclic) bond motifs is 1. The standard InChI is InChI=1S/C12H16N6O2/c1-17(2)6-14-12-15-10-9(11(19)16-12)13-7-18(10)8-4-3-5-20-8/h6-8H,3-5H2,1-2H3,(H,15,16,19). The van der Waals surface area contributed by atoms with Gasteiger partial charge in [-0.05, 0) is 12.8 Å². The fourth-order valence-corrected chi connectivity index (χ4v) is 2.14. The van der Waals surface area contributed by atoms with Gasteiger partial charge in [0.2, 0.25) is 5.95 Å². The van der Waals surface area contributed by atoms with Gasteiger partial charge in [-0.3, -0.25) is 14.3 Å². The number of nitrogens with zero attached hydrogens (tertiary/aromatic N) is 5. The van der Waals surface area contributed by atoms with E-state index < -0.39 is 0 Å². The Morgan fingerprint density at radius 3 is 3.15 bits per heavy atom. The molecule has 0 radical (unpaired) electrons. The Morgan fingerprint density at radius 1 is 1.60 bits per heavy atom. The Labute approximate surface area is 115 Å². The number of imidazole rings is 1. The minimum Gasteiger partial charge on any atom is -0.369 e. The van der Waals surface area contributed by atoms with E-state index in [1.165, 1.54) is 0 Å². The van der Waals surface area contributed by atoms with Crippen molar-refractivity contribution in [3.8, 4) is 0 Å². The lowest BCUT2D eigenvalue weighted by atomic mass is 10.3. The van der Waals surface area contributed by atoms with Crippen LogP contribution in [0.25, 0.3) is 11.2 Å². The Morgan fingerprint density at radius 2 is 2.45 bits per heavy atom. The smallest absolute Gasteiger partial charge is 0.280 e. The van der Waals surface area contributed by atoms with Crippen molar-refractivity contribution in [3.05, 3.63) is 16.7 Å². The van der Waals surface area contributed by atoms with E-state index in [1.807, 2.05) is 14.1 Å². The topological polar surface area (TPSA) is 88.4 Å². The molecule has 8 heteroatoms. The molecule has 1 fully saturated rings. The molecule has 1 aliphatic heterocycles. The van der Waals surface area contributed by atoms with E-state index in [-0.39, 0.29) is 17.7 Å². The van der Waals surface area contributed by atoms with E-state index in [0.717, 1.165) is 19.4 Å². The molecule has 1 aliphatic rings. The lowest BCUT2D eigenvalue weighted by Crippen LogP contribution is -2.12. The van der Waals surface area contributed by atoms with Crippen LogP contribution in [0.15, 0.2) is 16.1 Å². The summed E-state index contributed by atoms with van der Waals surface area (Å²) in [5, 5.41) is 0.